The maximum Gasteiger partial charge on any atom is 0.271 e. The maximum atomic E-state index is 10.9. The second kappa shape index (κ2) is 5.79. The van der Waals surface area contributed by atoms with Crippen molar-refractivity contribution in [3.63, 3.8) is 0 Å². The van der Waals surface area contributed by atoms with E-state index >= 15 is 0 Å². The Hall–Kier alpha value is -1.62. The largest absolute Gasteiger partial charge is 0.367 e. The molecule has 0 amide bonds. The average Bonchev–Trinajstić information content (AvgIpc) is 3.01. The number of nitrogens with zero attached hydrogens (tertiary/aromatic N) is 2. The summed E-state index contributed by atoms with van der Waals surface area (Å²) >= 11 is 0. The molecular formula is C15H21N3O2. The first-order chi connectivity index (χ1) is 9.75. The van der Waals surface area contributed by atoms with Gasteiger partial charge < -0.3 is 10.2 Å². The molecule has 3 rings (SSSR count). The second-order valence-electron chi connectivity index (χ2n) is 5.74. The number of hydrogen-bond acceptors (Lipinski definition) is 4. The van der Waals surface area contributed by atoms with Crippen LogP contribution >= 0.6 is 0 Å². The van der Waals surface area contributed by atoms with Crippen molar-refractivity contribution in [2.75, 3.05) is 18.0 Å². The third kappa shape index (κ3) is 2.63. The van der Waals surface area contributed by atoms with Crippen LogP contribution in [0.5, 0.6) is 0 Å². The van der Waals surface area contributed by atoms with Crippen LogP contribution in [-0.2, 0) is 0 Å². The number of anilines is 1. The molecule has 5 heteroatoms. The SMILES string of the molecule is O=[N+]([O-])c1cccc(N2CCCCC2C2CCCN2)c1. The van der Waals surface area contributed by atoms with Gasteiger partial charge in [-0.1, -0.05) is 6.07 Å². The van der Waals surface area contributed by atoms with Crippen LogP contribution in [0.3, 0.4) is 0 Å². The molecule has 1 aromatic carbocycles. The van der Waals surface area contributed by atoms with Gasteiger partial charge >= 0.3 is 0 Å². The molecule has 2 saturated heterocycles. The highest BCUT2D eigenvalue weighted by atomic mass is 16.6. The van der Waals surface area contributed by atoms with Gasteiger partial charge in [0, 0.05) is 36.4 Å². The second-order valence-corrected chi connectivity index (χ2v) is 5.74. The molecule has 0 spiro atoms. The van der Waals surface area contributed by atoms with Crippen molar-refractivity contribution in [2.45, 2.75) is 44.2 Å². The predicted octanol–water partition coefficient (Wildman–Crippen LogP) is 2.71. The van der Waals surface area contributed by atoms with Gasteiger partial charge in [0.15, 0.2) is 0 Å². The molecule has 108 valence electrons. The summed E-state index contributed by atoms with van der Waals surface area (Å²) < 4.78 is 0. The number of non-ortho nitro benzene ring substituents is 1. The van der Waals surface area contributed by atoms with Crippen LogP contribution in [0.1, 0.15) is 32.1 Å². The fourth-order valence-electron chi connectivity index (χ4n) is 3.52. The highest BCUT2D eigenvalue weighted by molar-refractivity contribution is 5.54. The highest BCUT2D eigenvalue weighted by Crippen LogP contribution is 2.31. The molecule has 1 aromatic rings. The minimum absolute atomic E-state index is 0.186. The number of benzene rings is 1. The molecule has 0 aliphatic carbocycles. The van der Waals surface area contributed by atoms with E-state index in [1.54, 1.807) is 18.2 Å². The highest BCUT2D eigenvalue weighted by Gasteiger charge is 2.32. The summed E-state index contributed by atoms with van der Waals surface area (Å²) in [7, 11) is 0. The zero-order chi connectivity index (χ0) is 13.9. The van der Waals surface area contributed by atoms with E-state index in [0.717, 1.165) is 18.8 Å². The van der Waals surface area contributed by atoms with Crippen LogP contribution in [0.4, 0.5) is 11.4 Å². The van der Waals surface area contributed by atoms with Crippen LogP contribution in [0.15, 0.2) is 24.3 Å². The van der Waals surface area contributed by atoms with E-state index in [2.05, 4.69) is 10.2 Å². The van der Waals surface area contributed by atoms with E-state index in [1.807, 2.05) is 6.07 Å². The normalized spacial score (nSPS) is 26.7. The molecule has 2 heterocycles. The molecule has 2 unspecified atom stereocenters. The van der Waals surface area contributed by atoms with E-state index in [0.29, 0.717) is 12.1 Å². The molecule has 0 bridgehead atoms. The number of nitro groups is 1. The zero-order valence-electron chi connectivity index (χ0n) is 11.6. The Kier molecular flexibility index (Phi) is 3.87. The Bertz CT molecular complexity index is 486. The van der Waals surface area contributed by atoms with Gasteiger partial charge in [-0.15, -0.1) is 0 Å². The number of hydrogen-bond donors (Lipinski definition) is 1. The maximum absolute atomic E-state index is 10.9. The Morgan fingerprint density at radius 1 is 1.25 bits per heavy atom. The molecule has 0 aromatic heterocycles. The average molecular weight is 275 g/mol. The summed E-state index contributed by atoms with van der Waals surface area (Å²) in [6.45, 7) is 2.11. The zero-order valence-corrected chi connectivity index (χ0v) is 11.6. The monoisotopic (exact) mass is 275 g/mol. The molecule has 2 aliphatic heterocycles. The van der Waals surface area contributed by atoms with Gasteiger partial charge in [0.1, 0.15) is 0 Å². The van der Waals surface area contributed by atoms with Gasteiger partial charge in [-0.05, 0) is 44.7 Å². The molecule has 1 N–H and O–H groups in total. The minimum Gasteiger partial charge on any atom is -0.367 e. The lowest BCUT2D eigenvalue weighted by Gasteiger charge is -2.41. The fraction of sp³-hybridized carbons (Fsp3) is 0.600. The number of nitrogens with one attached hydrogen (secondary N) is 1. The Balaban J connectivity index is 1.85. The third-order valence-corrected chi connectivity index (χ3v) is 4.48. The first-order valence-electron chi connectivity index (χ1n) is 7.50. The number of piperidine rings is 1. The van der Waals surface area contributed by atoms with Crippen LogP contribution in [-0.4, -0.2) is 30.1 Å². The van der Waals surface area contributed by atoms with Crippen molar-refractivity contribution >= 4 is 11.4 Å². The van der Waals surface area contributed by atoms with Gasteiger partial charge in [0.05, 0.1) is 4.92 Å². The molecule has 0 saturated carbocycles. The van der Waals surface area contributed by atoms with E-state index < -0.39 is 0 Å². The lowest BCUT2D eigenvalue weighted by atomic mass is 9.94. The van der Waals surface area contributed by atoms with Crippen LogP contribution in [0, 0.1) is 10.1 Å². The molecule has 20 heavy (non-hydrogen) atoms. The standard InChI is InChI=1S/C15H21N3O2/c19-18(20)13-6-3-5-12(11-13)17-10-2-1-8-15(17)14-7-4-9-16-14/h3,5-6,11,14-16H,1-2,4,7-10H2. The topological polar surface area (TPSA) is 58.4 Å². The summed E-state index contributed by atoms with van der Waals surface area (Å²) in [5, 5.41) is 14.5. The fourth-order valence-corrected chi connectivity index (χ4v) is 3.52. The third-order valence-electron chi connectivity index (χ3n) is 4.48. The summed E-state index contributed by atoms with van der Waals surface area (Å²) in [6, 6.07) is 8.09. The molecule has 2 atom stereocenters. The van der Waals surface area contributed by atoms with Crippen molar-refractivity contribution in [1.82, 2.24) is 5.32 Å². The summed E-state index contributed by atoms with van der Waals surface area (Å²) in [5.41, 5.74) is 1.18. The van der Waals surface area contributed by atoms with Crippen LogP contribution in [0.2, 0.25) is 0 Å². The van der Waals surface area contributed by atoms with Crippen LogP contribution in [0.25, 0.3) is 0 Å². The van der Waals surface area contributed by atoms with E-state index in [1.165, 1.54) is 32.1 Å². The number of nitro benzene ring substituents is 1. The first kappa shape index (κ1) is 13.4. The van der Waals surface area contributed by atoms with Crippen molar-refractivity contribution in [3.05, 3.63) is 34.4 Å². The smallest absolute Gasteiger partial charge is 0.271 e. The Morgan fingerprint density at radius 3 is 2.90 bits per heavy atom. The van der Waals surface area contributed by atoms with Gasteiger partial charge in [-0.2, -0.15) is 0 Å². The van der Waals surface area contributed by atoms with E-state index in [4.69, 9.17) is 0 Å². The predicted molar refractivity (Wildman–Crippen MR) is 79.1 cm³/mol. The van der Waals surface area contributed by atoms with Gasteiger partial charge in [-0.3, -0.25) is 10.1 Å². The van der Waals surface area contributed by atoms with Crippen molar-refractivity contribution in [1.29, 1.82) is 0 Å². The molecule has 0 radical (unpaired) electrons. The summed E-state index contributed by atoms with van der Waals surface area (Å²) in [4.78, 5) is 13.0. The minimum atomic E-state index is -0.309. The first-order valence-corrected chi connectivity index (χ1v) is 7.50. The number of rotatable bonds is 3. The summed E-state index contributed by atoms with van der Waals surface area (Å²) in [5.74, 6) is 0. The van der Waals surface area contributed by atoms with Gasteiger partial charge in [-0.25, -0.2) is 0 Å². The lowest BCUT2D eigenvalue weighted by molar-refractivity contribution is -0.384. The molecule has 2 fully saturated rings. The van der Waals surface area contributed by atoms with Gasteiger partial charge in [0.2, 0.25) is 0 Å². The van der Waals surface area contributed by atoms with Crippen molar-refractivity contribution < 1.29 is 4.92 Å². The van der Waals surface area contributed by atoms with Crippen molar-refractivity contribution in [2.24, 2.45) is 0 Å². The van der Waals surface area contributed by atoms with E-state index in [9.17, 15) is 10.1 Å². The summed E-state index contributed by atoms with van der Waals surface area (Å²) in [6.07, 6.45) is 6.07. The van der Waals surface area contributed by atoms with Gasteiger partial charge in [0.25, 0.3) is 5.69 Å². The Labute approximate surface area is 119 Å². The molecule has 5 nitrogen and oxygen atoms in total. The quantitative estimate of drug-likeness (QED) is 0.680. The Morgan fingerprint density at radius 2 is 2.15 bits per heavy atom. The van der Waals surface area contributed by atoms with E-state index in [-0.39, 0.29) is 10.6 Å². The van der Waals surface area contributed by atoms with Crippen LogP contribution < -0.4 is 10.2 Å². The van der Waals surface area contributed by atoms with Crippen molar-refractivity contribution in [3.8, 4) is 0 Å². The molecule has 2 aliphatic rings. The molecular weight excluding hydrogens is 254 g/mol. The lowest BCUT2D eigenvalue weighted by Crippen LogP contribution is -2.50.